The number of aliphatic imine (C=N–C) groups is 1. The Balaban J connectivity index is 1.54. The number of halogens is 1. The van der Waals surface area contributed by atoms with Gasteiger partial charge >= 0.3 is 0 Å². The zero-order valence-electron chi connectivity index (χ0n) is 14.7. The Kier molecular flexibility index (Phi) is 5.32. The maximum absolute atomic E-state index is 12.2. The monoisotopic (exact) mass is 469 g/mol. The van der Waals surface area contributed by atoms with E-state index in [0.29, 0.717) is 27.2 Å². The number of benzene rings is 2. The predicted octanol–water partition coefficient (Wildman–Crippen LogP) is 5.51. The molecule has 1 aliphatic rings. The first kappa shape index (κ1) is 19.2. The molecule has 29 heavy (non-hydrogen) atoms. The second-order valence-corrected chi connectivity index (χ2v) is 7.82. The van der Waals surface area contributed by atoms with Crippen LogP contribution in [0.2, 0.25) is 0 Å². The van der Waals surface area contributed by atoms with E-state index in [4.69, 9.17) is 4.42 Å². The number of para-hydroxylation sites is 1. The third-order valence-electron chi connectivity index (χ3n) is 3.99. The van der Waals surface area contributed by atoms with Crippen molar-refractivity contribution >= 4 is 56.2 Å². The minimum atomic E-state index is -0.454. The summed E-state index contributed by atoms with van der Waals surface area (Å²) in [5.74, 6) is 0.796. The van der Waals surface area contributed by atoms with E-state index >= 15 is 0 Å². The highest BCUT2D eigenvalue weighted by atomic mass is 79.9. The van der Waals surface area contributed by atoms with Gasteiger partial charge in [0, 0.05) is 28.2 Å². The molecule has 0 aliphatic carbocycles. The largest absolute Gasteiger partial charge is 0.457 e. The Hall–Kier alpha value is -3.17. The van der Waals surface area contributed by atoms with E-state index in [-0.39, 0.29) is 11.6 Å². The van der Waals surface area contributed by atoms with Crippen LogP contribution in [0, 0.1) is 10.1 Å². The van der Waals surface area contributed by atoms with Crippen molar-refractivity contribution in [2.75, 3.05) is 0 Å². The quantitative estimate of drug-likeness (QED) is 0.308. The van der Waals surface area contributed by atoms with Gasteiger partial charge in [-0.3, -0.25) is 14.9 Å². The molecule has 0 atom stereocenters. The average Bonchev–Trinajstić information content (AvgIpc) is 3.31. The molecule has 4 rings (SSSR count). The first-order valence-corrected chi connectivity index (χ1v) is 9.99. The predicted molar refractivity (Wildman–Crippen MR) is 116 cm³/mol. The van der Waals surface area contributed by atoms with Crippen LogP contribution >= 0.6 is 27.7 Å². The molecule has 1 N–H and O–H groups in total. The molecule has 1 fully saturated rings. The Morgan fingerprint density at radius 3 is 2.59 bits per heavy atom. The number of nitro groups is 1. The molecule has 2 heterocycles. The SMILES string of the molecule is O=C1NC(=Nc2ccccc2Br)S/C1=C/c1ccc(-c2ccc([N+](=O)[O-])cc2)o1. The number of nitro benzene ring substituents is 1. The molecular weight excluding hydrogens is 458 g/mol. The maximum Gasteiger partial charge on any atom is 0.269 e. The standard InChI is InChI=1S/C20H12BrN3O4S/c21-15-3-1-2-4-16(15)22-20-23-19(25)18(29-20)11-14-9-10-17(28-14)12-5-7-13(8-6-12)24(26)27/h1-11H,(H,22,23,25)/b18-11+. The van der Waals surface area contributed by atoms with Gasteiger partial charge < -0.3 is 9.73 Å². The molecule has 7 nitrogen and oxygen atoms in total. The fraction of sp³-hybridized carbons (Fsp3) is 0. The van der Waals surface area contributed by atoms with Gasteiger partial charge in [0.25, 0.3) is 11.6 Å². The number of carbonyl (C=O) groups excluding carboxylic acids is 1. The number of hydrogen-bond donors (Lipinski definition) is 1. The number of non-ortho nitro benzene ring substituents is 1. The van der Waals surface area contributed by atoms with Gasteiger partial charge in [0.2, 0.25) is 0 Å². The first-order valence-electron chi connectivity index (χ1n) is 8.38. The van der Waals surface area contributed by atoms with Crippen molar-refractivity contribution < 1.29 is 14.1 Å². The highest BCUT2D eigenvalue weighted by Gasteiger charge is 2.24. The van der Waals surface area contributed by atoms with Gasteiger partial charge in [-0.15, -0.1) is 0 Å². The molecule has 0 unspecified atom stereocenters. The van der Waals surface area contributed by atoms with Crippen molar-refractivity contribution in [3.63, 3.8) is 0 Å². The minimum Gasteiger partial charge on any atom is -0.457 e. The normalized spacial score (nSPS) is 16.4. The number of hydrogen-bond acceptors (Lipinski definition) is 6. The van der Waals surface area contributed by atoms with Crippen LogP contribution in [-0.4, -0.2) is 16.0 Å². The number of amidine groups is 1. The van der Waals surface area contributed by atoms with Crippen molar-refractivity contribution in [1.29, 1.82) is 0 Å². The lowest BCUT2D eigenvalue weighted by molar-refractivity contribution is -0.384. The highest BCUT2D eigenvalue weighted by molar-refractivity contribution is 9.10. The van der Waals surface area contributed by atoms with Crippen molar-refractivity contribution in [2.24, 2.45) is 4.99 Å². The summed E-state index contributed by atoms with van der Waals surface area (Å²) >= 11 is 4.65. The van der Waals surface area contributed by atoms with E-state index in [1.807, 2.05) is 24.3 Å². The molecule has 144 valence electrons. The molecule has 1 aromatic heterocycles. The molecule has 2 aromatic carbocycles. The lowest BCUT2D eigenvalue weighted by Crippen LogP contribution is -2.19. The third kappa shape index (κ3) is 4.30. The summed E-state index contributed by atoms with van der Waals surface area (Å²) in [4.78, 5) is 27.5. The molecule has 3 aromatic rings. The molecule has 1 aliphatic heterocycles. The number of carbonyl (C=O) groups is 1. The van der Waals surface area contributed by atoms with Gasteiger partial charge in [-0.2, -0.15) is 0 Å². The van der Waals surface area contributed by atoms with E-state index in [1.165, 1.54) is 23.9 Å². The van der Waals surface area contributed by atoms with Gasteiger partial charge in [-0.25, -0.2) is 4.99 Å². The summed E-state index contributed by atoms with van der Waals surface area (Å²) in [5, 5.41) is 14.0. The van der Waals surface area contributed by atoms with Crippen LogP contribution in [0.3, 0.4) is 0 Å². The van der Waals surface area contributed by atoms with Crippen LogP contribution in [0.1, 0.15) is 5.76 Å². The summed E-state index contributed by atoms with van der Waals surface area (Å²) in [6, 6.07) is 17.0. The summed E-state index contributed by atoms with van der Waals surface area (Å²) in [6.45, 7) is 0. The Morgan fingerprint density at radius 1 is 1.10 bits per heavy atom. The number of nitrogens with one attached hydrogen (secondary N) is 1. The van der Waals surface area contributed by atoms with Crippen molar-refractivity contribution in [1.82, 2.24) is 5.32 Å². The number of nitrogens with zero attached hydrogens (tertiary/aromatic N) is 2. The van der Waals surface area contributed by atoms with Gasteiger partial charge in [0.1, 0.15) is 11.5 Å². The second-order valence-electron chi connectivity index (χ2n) is 5.94. The van der Waals surface area contributed by atoms with Crippen LogP contribution in [0.15, 0.2) is 79.5 Å². The molecule has 0 radical (unpaired) electrons. The summed E-state index contributed by atoms with van der Waals surface area (Å²) in [6.07, 6.45) is 1.64. The molecule has 1 amide bonds. The fourth-order valence-corrected chi connectivity index (χ4v) is 3.78. The van der Waals surface area contributed by atoms with Crippen LogP contribution in [0.5, 0.6) is 0 Å². The molecule has 1 saturated heterocycles. The Labute approximate surface area is 177 Å². The zero-order valence-corrected chi connectivity index (χ0v) is 17.1. The lowest BCUT2D eigenvalue weighted by atomic mass is 10.1. The summed E-state index contributed by atoms with van der Waals surface area (Å²) in [7, 11) is 0. The molecular formula is C20H12BrN3O4S. The Bertz CT molecular complexity index is 1170. The van der Waals surface area contributed by atoms with E-state index in [1.54, 1.807) is 30.3 Å². The van der Waals surface area contributed by atoms with E-state index in [2.05, 4.69) is 26.2 Å². The molecule has 0 saturated carbocycles. The van der Waals surface area contributed by atoms with E-state index in [0.717, 1.165) is 10.2 Å². The molecule has 0 spiro atoms. The summed E-state index contributed by atoms with van der Waals surface area (Å²) < 4.78 is 6.60. The smallest absolute Gasteiger partial charge is 0.269 e. The van der Waals surface area contributed by atoms with Gasteiger partial charge in [0.05, 0.1) is 15.5 Å². The number of thioether (sulfide) groups is 1. The average molecular weight is 470 g/mol. The van der Waals surface area contributed by atoms with Crippen molar-refractivity contribution in [3.8, 4) is 11.3 Å². The topological polar surface area (TPSA) is 97.7 Å². The van der Waals surface area contributed by atoms with Crippen LogP contribution in [-0.2, 0) is 4.79 Å². The van der Waals surface area contributed by atoms with Gasteiger partial charge in [0.15, 0.2) is 5.17 Å². The highest BCUT2D eigenvalue weighted by Crippen LogP contribution is 2.32. The third-order valence-corrected chi connectivity index (χ3v) is 5.57. The van der Waals surface area contributed by atoms with Crippen molar-refractivity contribution in [3.05, 3.63) is 85.9 Å². The summed E-state index contributed by atoms with van der Waals surface area (Å²) in [5.41, 5.74) is 1.44. The number of furan rings is 1. The van der Waals surface area contributed by atoms with E-state index in [9.17, 15) is 14.9 Å². The molecule has 9 heteroatoms. The maximum atomic E-state index is 12.2. The van der Waals surface area contributed by atoms with Crippen molar-refractivity contribution in [2.45, 2.75) is 0 Å². The number of rotatable bonds is 4. The lowest BCUT2D eigenvalue weighted by Gasteiger charge is -1.98. The van der Waals surface area contributed by atoms with Crippen LogP contribution in [0.25, 0.3) is 17.4 Å². The van der Waals surface area contributed by atoms with Gasteiger partial charge in [-0.05, 0) is 64.1 Å². The zero-order chi connectivity index (χ0) is 20.4. The first-order chi connectivity index (χ1) is 14.0. The minimum absolute atomic E-state index is 0.0125. The van der Waals surface area contributed by atoms with Crippen LogP contribution < -0.4 is 5.32 Å². The molecule has 0 bridgehead atoms. The second kappa shape index (κ2) is 8.06. The van der Waals surface area contributed by atoms with E-state index < -0.39 is 4.92 Å². The van der Waals surface area contributed by atoms with Gasteiger partial charge in [-0.1, -0.05) is 12.1 Å². The van der Waals surface area contributed by atoms with Crippen LogP contribution in [0.4, 0.5) is 11.4 Å². The number of amides is 1. The fourth-order valence-electron chi connectivity index (χ4n) is 2.59. The Morgan fingerprint density at radius 2 is 1.86 bits per heavy atom.